The summed E-state index contributed by atoms with van der Waals surface area (Å²) in [5.41, 5.74) is 3.08. The minimum Gasteiger partial charge on any atom is -0.367 e. The van der Waals surface area contributed by atoms with Gasteiger partial charge in [0.15, 0.2) is 0 Å². The quantitative estimate of drug-likeness (QED) is 0.264. The number of benzene rings is 3. The number of sulfonamides is 1. The molecule has 0 spiro atoms. The van der Waals surface area contributed by atoms with Gasteiger partial charge < -0.3 is 5.32 Å². The standard InChI is InChI=1S/C30H26FN5O2S/c31-26-16-22(15-25-29(26)33-18-34-30(25)35-23-9-10-23)21-6-1-4-19(14-21)17-36(24-11-12-24)39(37,38)27-8-2-5-20-7-3-13-32-28(20)27/h1-8,13-16,18,23-24H,9-12,17H2,(H,33,34,35). The number of hydrogen-bond acceptors (Lipinski definition) is 6. The summed E-state index contributed by atoms with van der Waals surface area (Å²) in [6.45, 7) is 0.220. The third kappa shape index (κ3) is 4.62. The molecule has 1 N–H and O–H groups in total. The molecule has 0 unspecified atom stereocenters. The van der Waals surface area contributed by atoms with Gasteiger partial charge in [-0.2, -0.15) is 4.31 Å². The Morgan fingerprint density at radius 1 is 0.872 bits per heavy atom. The van der Waals surface area contributed by atoms with Gasteiger partial charge in [-0.1, -0.05) is 36.4 Å². The molecule has 2 aliphatic rings. The molecule has 2 heterocycles. The lowest BCUT2D eigenvalue weighted by atomic mass is 10.0. The van der Waals surface area contributed by atoms with E-state index in [1.807, 2.05) is 42.5 Å². The van der Waals surface area contributed by atoms with Crippen molar-refractivity contribution in [3.05, 3.63) is 90.6 Å². The SMILES string of the molecule is O=S(=O)(c1cccc2cccnc12)N(Cc1cccc(-c2cc(F)c3ncnc(NC4CC4)c3c2)c1)C1CC1. The van der Waals surface area contributed by atoms with Crippen LogP contribution in [0.25, 0.3) is 32.9 Å². The molecule has 0 radical (unpaired) electrons. The van der Waals surface area contributed by atoms with Crippen LogP contribution in [0.5, 0.6) is 0 Å². The lowest BCUT2D eigenvalue weighted by Crippen LogP contribution is -2.33. The Hall–Kier alpha value is -3.95. The third-order valence-electron chi connectivity index (χ3n) is 7.35. The van der Waals surface area contributed by atoms with E-state index in [1.54, 1.807) is 28.7 Å². The number of aromatic nitrogens is 3. The fraction of sp³-hybridized carbons (Fsp3) is 0.233. The van der Waals surface area contributed by atoms with E-state index in [9.17, 15) is 8.42 Å². The molecule has 0 bridgehead atoms. The number of pyridine rings is 1. The molecule has 5 aromatic rings. The maximum atomic E-state index is 15.2. The summed E-state index contributed by atoms with van der Waals surface area (Å²) in [7, 11) is -3.80. The second-order valence-corrected chi connectivity index (χ2v) is 12.2. The average Bonchev–Trinajstić information content (AvgIpc) is 3.88. The number of hydrogen-bond donors (Lipinski definition) is 1. The highest BCUT2D eigenvalue weighted by Gasteiger charge is 2.39. The van der Waals surface area contributed by atoms with Crippen molar-refractivity contribution in [1.82, 2.24) is 19.3 Å². The molecule has 39 heavy (non-hydrogen) atoms. The highest BCUT2D eigenvalue weighted by atomic mass is 32.2. The minimum absolute atomic E-state index is 0.0519. The van der Waals surface area contributed by atoms with E-state index < -0.39 is 15.8 Å². The van der Waals surface area contributed by atoms with Crippen molar-refractivity contribution in [3.8, 4) is 11.1 Å². The van der Waals surface area contributed by atoms with Crippen molar-refractivity contribution in [2.75, 3.05) is 5.32 Å². The molecule has 2 aliphatic carbocycles. The molecule has 7 nitrogen and oxygen atoms in total. The van der Waals surface area contributed by atoms with Gasteiger partial charge in [-0.25, -0.2) is 22.8 Å². The minimum atomic E-state index is -3.80. The van der Waals surface area contributed by atoms with Gasteiger partial charge in [0, 0.05) is 35.6 Å². The molecule has 0 saturated heterocycles. The van der Waals surface area contributed by atoms with E-state index in [4.69, 9.17) is 0 Å². The molecular weight excluding hydrogens is 513 g/mol. The van der Waals surface area contributed by atoms with Crippen LogP contribution in [0.2, 0.25) is 0 Å². The smallest absolute Gasteiger partial charge is 0.245 e. The van der Waals surface area contributed by atoms with Crippen molar-refractivity contribution >= 4 is 37.6 Å². The van der Waals surface area contributed by atoms with Crippen molar-refractivity contribution in [1.29, 1.82) is 0 Å². The zero-order valence-corrected chi connectivity index (χ0v) is 21.9. The molecule has 196 valence electrons. The van der Waals surface area contributed by atoms with E-state index in [1.165, 1.54) is 12.4 Å². The number of nitrogens with zero attached hydrogens (tertiary/aromatic N) is 4. The van der Waals surface area contributed by atoms with E-state index >= 15 is 4.39 Å². The Labute approximate surface area is 225 Å². The average molecular weight is 540 g/mol. The van der Waals surface area contributed by atoms with Crippen molar-refractivity contribution in [2.24, 2.45) is 0 Å². The summed E-state index contributed by atoms with van der Waals surface area (Å²) in [6.07, 6.45) is 6.80. The predicted octanol–water partition coefficient (Wildman–Crippen LogP) is 5.91. The summed E-state index contributed by atoms with van der Waals surface area (Å²) in [4.78, 5) is 13.1. The van der Waals surface area contributed by atoms with Gasteiger partial charge in [0.05, 0.1) is 5.52 Å². The molecular formula is C30H26FN5O2S. The molecule has 2 saturated carbocycles. The fourth-order valence-corrected chi connectivity index (χ4v) is 6.88. The summed E-state index contributed by atoms with van der Waals surface area (Å²) in [6, 6.07) is 20.3. The third-order valence-corrected chi connectivity index (χ3v) is 9.28. The zero-order chi connectivity index (χ0) is 26.6. The lowest BCUT2D eigenvalue weighted by Gasteiger charge is -2.23. The van der Waals surface area contributed by atoms with Crippen LogP contribution in [-0.2, 0) is 16.6 Å². The van der Waals surface area contributed by atoms with Crippen LogP contribution < -0.4 is 5.32 Å². The number of nitrogens with one attached hydrogen (secondary N) is 1. The summed E-state index contributed by atoms with van der Waals surface area (Å²) < 4.78 is 44.6. The first-order valence-corrected chi connectivity index (χ1v) is 14.6. The lowest BCUT2D eigenvalue weighted by molar-refractivity contribution is 0.399. The van der Waals surface area contributed by atoms with E-state index in [-0.39, 0.29) is 23.0 Å². The van der Waals surface area contributed by atoms with Gasteiger partial charge in [0.1, 0.15) is 28.4 Å². The van der Waals surface area contributed by atoms with Gasteiger partial charge in [-0.05, 0) is 72.7 Å². The first-order chi connectivity index (χ1) is 19.0. The molecule has 9 heteroatoms. The van der Waals surface area contributed by atoms with Crippen LogP contribution in [-0.4, -0.2) is 39.8 Å². The molecule has 0 atom stereocenters. The first-order valence-electron chi connectivity index (χ1n) is 13.1. The van der Waals surface area contributed by atoms with Gasteiger partial charge in [-0.3, -0.25) is 4.98 Å². The normalized spacial score (nSPS) is 15.7. The summed E-state index contributed by atoms with van der Waals surface area (Å²) >= 11 is 0. The Kier molecular flexibility index (Phi) is 5.79. The first kappa shape index (κ1) is 24.1. The largest absolute Gasteiger partial charge is 0.367 e. The second-order valence-electron chi connectivity index (χ2n) is 10.3. The Bertz CT molecular complexity index is 1830. The van der Waals surface area contributed by atoms with Crippen LogP contribution >= 0.6 is 0 Å². The molecule has 2 aromatic heterocycles. The van der Waals surface area contributed by atoms with Gasteiger partial charge in [0.25, 0.3) is 0 Å². The zero-order valence-electron chi connectivity index (χ0n) is 21.1. The highest BCUT2D eigenvalue weighted by Crippen LogP contribution is 2.36. The molecule has 0 amide bonds. The maximum Gasteiger partial charge on any atom is 0.245 e. The predicted molar refractivity (Wildman–Crippen MR) is 149 cm³/mol. The van der Waals surface area contributed by atoms with Crippen molar-refractivity contribution < 1.29 is 12.8 Å². The van der Waals surface area contributed by atoms with Gasteiger partial charge in [-0.15, -0.1) is 0 Å². The van der Waals surface area contributed by atoms with Crippen LogP contribution in [0.3, 0.4) is 0 Å². The van der Waals surface area contributed by atoms with Gasteiger partial charge in [0.2, 0.25) is 10.0 Å². The monoisotopic (exact) mass is 539 g/mol. The van der Waals surface area contributed by atoms with Crippen LogP contribution in [0.4, 0.5) is 10.2 Å². The number of rotatable bonds is 8. The molecule has 7 rings (SSSR count). The summed E-state index contributed by atoms with van der Waals surface area (Å²) in [5, 5.41) is 4.79. The molecule has 0 aliphatic heterocycles. The Morgan fingerprint density at radius 2 is 1.69 bits per heavy atom. The Balaban J connectivity index is 1.25. The van der Waals surface area contributed by atoms with Crippen LogP contribution in [0.1, 0.15) is 31.2 Å². The number of para-hydroxylation sites is 1. The van der Waals surface area contributed by atoms with E-state index in [2.05, 4.69) is 20.3 Å². The summed E-state index contributed by atoms with van der Waals surface area (Å²) in [5.74, 6) is 0.217. The number of anilines is 1. The van der Waals surface area contributed by atoms with Crippen LogP contribution in [0.15, 0.2) is 84.1 Å². The highest BCUT2D eigenvalue weighted by molar-refractivity contribution is 7.89. The molecule has 2 fully saturated rings. The second kappa shape index (κ2) is 9.36. The van der Waals surface area contributed by atoms with Crippen molar-refractivity contribution in [3.63, 3.8) is 0 Å². The molecule has 3 aromatic carbocycles. The van der Waals surface area contributed by atoms with Crippen molar-refractivity contribution in [2.45, 2.75) is 49.2 Å². The number of halogens is 1. The topological polar surface area (TPSA) is 88.1 Å². The maximum absolute atomic E-state index is 15.2. The van der Waals surface area contributed by atoms with E-state index in [0.717, 1.165) is 42.2 Å². The Morgan fingerprint density at radius 3 is 2.51 bits per heavy atom. The fourth-order valence-electron chi connectivity index (χ4n) is 5.04. The van der Waals surface area contributed by atoms with Gasteiger partial charge >= 0.3 is 0 Å². The van der Waals surface area contributed by atoms with Crippen LogP contribution in [0, 0.1) is 5.82 Å². The number of fused-ring (bicyclic) bond motifs is 2. The van der Waals surface area contributed by atoms with E-state index in [0.29, 0.717) is 28.3 Å².